The van der Waals surface area contributed by atoms with Crippen LogP contribution in [0.1, 0.15) is 113 Å². The second kappa shape index (κ2) is 13.4. The smallest absolute Gasteiger partial charge is 0.326 e. The van der Waals surface area contributed by atoms with Crippen LogP contribution in [0, 0.1) is 19.3 Å². The van der Waals surface area contributed by atoms with Gasteiger partial charge in [-0.15, -0.1) is 0 Å². The summed E-state index contributed by atoms with van der Waals surface area (Å²) in [5.74, 6) is -1.33. The van der Waals surface area contributed by atoms with E-state index >= 15 is 0 Å². The summed E-state index contributed by atoms with van der Waals surface area (Å²) < 4.78 is 0. The second-order valence-corrected chi connectivity index (χ2v) is 11.6. The number of carbonyl (C=O) groups is 2. The lowest BCUT2D eigenvalue weighted by Crippen LogP contribution is -2.40. The van der Waals surface area contributed by atoms with Crippen LogP contribution in [0.5, 0.6) is 0 Å². The maximum Gasteiger partial charge on any atom is 0.326 e. The normalized spacial score (nSPS) is 14.3. The number of carboxylic acid groups (broad SMARTS) is 1. The summed E-state index contributed by atoms with van der Waals surface area (Å²) in [5, 5.41) is 20.1. The highest BCUT2D eigenvalue weighted by atomic mass is 16.4. The molecule has 0 aliphatic heterocycles. The minimum Gasteiger partial charge on any atom is -0.480 e. The van der Waals surface area contributed by atoms with Gasteiger partial charge in [0.1, 0.15) is 6.04 Å². The summed E-state index contributed by atoms with van der Waals surface area (Å²) in [6.07, 6.45) is 5.66. The first-order valence-electron chi connectivity index (χ1n) is 14.2. The zero-order valence-corrected chi connectivity index (χ0v) is 26.3. The Balaban J connectivity index is 0.00000371. The Bertz CT molecular complexity index is 1170. The van der Waals surface area contributed by atoms with Crippen LogP contribution in [0.3, 0.4) is 0 Å². The van der Waals surface area contributed by atoms with Crippen molar-refractivity contribution in [2.45, 2.75) is 106 Å². The van der Waals surface area contributed by atoms with E-state index in [-0.39, 0.29) is 16.7 Å². The minimum atomic E-state index is -1.03. The molecule has 0 bridgehead atoms. The fourth-order valence-corrected chi connectivity index (χ4v) is 4.63. The molecule has 216 valence electrons. The third-order valence-electron chi connectivity index (χ3n) is 8.40. The van der Waals surface area contributed by atoms with Gasteiger partial charge in [0.15, 0.2) is 0 Å². The molecule has 2 rings (SSSR count). The summed E-state index contributed by atoms with van der Waals surface area (Å²) in [6.45, 7) is 21.8. The van der Waals surface area contributed by atoms with Crippen molar-refractivity contribution in [2.75, 3.05) is 7.05 Å². The number of amides is 1. The Kier molecular flexibility index (Phi) is 11.7. The number of aliphatic hydroxyl groups is 1. The van der Waals surface area contributed by atoms with Gasteiger partial charge < -0.3 is 15.1 Å². The first-order valence-corrected chi connectivity index (χ1v) is 14.2. The lowest BCUT2D eigenvalue weighted by Gasteiger charge is -2.35. The number of carboxylic acids is 1. The predicted molar refractivity (Wildman–Crippen MR) is 163 cm³/mol. The van der Waals surface area contributed by atoms with Gasteiger partial charge in [-0.3, -0.25) is 4.79 Å². The molecule has 2 atom stereocenters. The zero-order chi connectivity index (χ0) is 30.3. The molecule has 2 aromatic carbocycles. The topological polar surface area (TPSA) is 77.8 Å². The van der Waals surface area contributed by atoms with Crippen molar-refractivity contribution in [1.29, 1.82) is 0 Å². The molecular weight excluding hydrogens is 486 g/mol. The third kappa shape index (κ3) is 7.39. The van der Waals surface area contributed by atoms with Crippen molar-refractivity contribution in [2.24, 2.45) is 5.41 Å². The van der Waals surface area contributed by atoms with E-state index in [1.807, 2.05) is 72.8 Å². The van der Waals surface area contributed by atoms with Gasteiger partial charge in [0.05, 0.1) is 5.60 Å². The molecule has 2 aromatic rings. The van der Waals surface area contributed by atoms with Crippen molar-refractivity contribution in [3.63, 3.8) is 0 Å². The van der Waals surface area contributed by atoms with Gasteiger partial charge in [0, 0.05) is 18.0 Å². The van der Waals surface area contributed by atoms with Gasteiger partial charge in [-0.1, -0.05) is 91.0 Å². The monoisotopic (exact) mass is 537 g/mol. The highest BCUT2D eigenvalue weighted by Crippen LogP contribution is 2.40. The van der Waals surface area contributed by atoms with Crippen LogP contribution in [-0.2, 0) is 10.2 Å². The van der Waals surface area contributed by atoms with Crippen LogP contribution in [0.25, 0.3) is 6.08 Å². The second-order valence-electron chi connectivity index (χ2n) is 11.6. The number of benzene rings is 2. The Hall–Kier alpha value is -2.92. The summed E-state index contributed by atoms with van der Waals surface area (Å²) >= 11 is 0. The molecule has 0 fully saturated rings. The molecule has 39 heavy (non-hydrogen) atoms. The van der Waals surface area contributed by atoms with E-state index in [0.717, 1.165) is 35.1 Å². The number of nitrogens with zero attached hydrogens (tertiary/aromatic N) is 1. The maximum atomic E-state index is 13.0. The molecule has 5 heteroatoms. The van der Waals surface area contributed by atoms with Gasteiger partial charge >= 0.3 is 5.97 Å². The molecule has 0 aromatic heterocycles. The molecule has 0 heterocycles. The van der Waals surface area contributed by atoms with Crippen LogP contribution in [0.15, 0.2) is 42.5 Å². The predicted octanol–water partition coefficient (Wildman–Crippen LogP) is 7.79. The van der Waals surface area contributed by atoms with E-state index < -0.39 is 17.6 Å². The summed E-state index contributed by atoms with van der Waals surface area (Å²) in [6, 6.07) is 11.5. The van der Waals surface area contributed by atoms with Crippen LogP contribution in [0.2, 0.25) is 0 Å². The highest BCUT2D eigenvalue weighted by molar-refractivity contribution is 5.97. The lowest BCUT2D eigenvalue weighted by atomic mass is 9.69. The first kappa shape index (κ1) is 34.1. The number of hydrogen-bond acceptors (Lipinski definition) is 3. The largest absolute Gasteiger partial charge is 0.480 e. The summed E-state index contributed by atoms with van der Waals surface area (Å²) in [4.78, 5) is 25.6. The molecule has 2 N–H and O–H groups in total. The molecule has 0 aliphatic carbocycles. The molecule has 0 radical (unpaired) electrons. The van der Waals surface area contributed by atoms with Crippen LogP contribution >= 0.6 is 0 Å². The van der Waals surface area contributed by atoms with Crippen LogP contribution in [-0.4, -0.2) is 45.7 Å². The molecule has 0 saturated carbocycles. The van der Waals surface area contributed by atoms with Gasteiger partial charge in [-0.05, 0) is 79.8 Å². The van der Waals surface area contributed by atoms with Crippen molar-refractivity contribution in [3.05, 3.63) is 75.9 Å². The number of hydrogen-bond donors (Lipinski definition) is 2. The molecule has 5 nitrogen and oxygen atoms in total. The molecular formula is C34H51NO4. The summed E-state index contributed by atoms with van der Waals surface area (Å²) in [7, 11) is 1.52. The number of aryl methyl sites for hydroxylation is 2. The van der Waals surface area contributed by atoms with E-state index in [9.17, 15) is 19.8 Å². The van der Waals surface area contributed by atoms with Crippen molar-refractivity contribution >= 4 is 18.0 Å². The Morgan fingerprint density at radius 3 is 1.82 bits per heavy atom. The number of likely N-dealkylation sites (N-methyl/N-ethyl adjacent to an activating group) is 1. The Labute approximate surface area is 237 Å². The number of carbonyl (C=O) groups excluding carboxylic acids is 1. The summed E-state index contributed by atoms with van der Waals surface area (Å²) in [5.41, 5.74) is 4.48. The molecule has 2 unspecified atom stereocenters. The number of rotatable bonds is 9. The minimum absolute atomic E-state index is 0.226. The van der Waals surface area contributed by atoms with Gasteiger partial charge in [-0.2, -0.15) is 0 Å². The molecule has 0 spiro atoms. The standard InChI is InChI=1S/C32H45NO4.C2H6/c1-11-32(12-2,25-14-13-24(21(3)19-25)17-18-31(9,37)30(6,7)8)26-15-16-27(22(4)20-26)28(34)33(10)23(5)29(35)36;1-2/h13-20,23,37H,11-12H2,1-10H3,(H,35,36);1-2H3/b18-17+;. The van der Waals surface area contributed by atoms with Crippen LogP contribution < -0.4 is 0 Å². The average molecular weight is 538 g/mol. The number of aliphatic carboxylic acids is 1. The van der Waals surface area contributed by atoms with Crippen molar-refractivity contribution in [3.8, 4) is 0 Å². The van der Waals surface area contributed by atoms with E-state index in [2.05, 4.69) is 45.0 Å². The molecule has 0 saturated heterocycles. The van der Waals surface area contributed by atoms with Crippen molar-refractivity contribution < 1.29 is 19.8 Å². The Morgan fingerprint density at radius 1 is 0.923 bits per heavy atom. The SMILES string of the molecule is CC.CCC(CC)(c1ccc(/C=C/C(C)(O)C(C)(C)C)c(C)c1)c1ccc(C(=O)N(C)C(C)C(=O)O)c(C)c1. The van der Waals surface area contributed by atoms with E-state index in [1.54, 1.807) is 0 Å². The van der Waals surface area contributed by atoms with Crippen molar-refractivity contribution in [1.82, 2.24) is 4.90 Å². The average Bonchev–Trinajstić information content (AvgIpc) is 2.88. The zero-order valence-electron chi connectivity index (χ0n) is 26.3. The van der Waals surface area contributed by atoms with Gasteiger partial charge in [0.2, 0.25) is 0 Å². The van der Waals surface area contributed by atoms with E-state index in [1.165, 1.54) is 24.4 Å². The lowest BCUT2D eigenvalue weighted by molar-refractivity contribution is -0.141. The first-order chi connectivity index (χ1) is 18.0. The quantitative estimate of drug-likeness (QED) is 0.342. The fraction of sp³-hybridized carbons (Fsp3) is 0.529. The van der Waals surface area contributed by atoms with Crippen LogP contribution in [0.4, 0.5) is 0 Å². The molecule has 1 amide bonds. The van der Waals surface area contributed by atoms with E-state index in [4.69, 9.17) is 0 Å². The molecule has 0 aliphatic rings. The fourth-order valence-electron chi connectivity index (χ4n) is 4.63. The van der Waals surface area contributed by atoms with Gasteiger partial charge in [-0.25, -0.2) is 4.79 Å². The third-order valence-corrected chi connectivity index (χ3v) is 8.40. The Morgan fingerprint density at radius 2 is 1.41 bits per heavy atom. The van der Waals surface area contributed by atoms with Gasteiger partial charge in [0.25, 0.3) is 5.91 Å². The van der Waals surface area contributed by atoms with E-state index in [0.29, 0.717) is 5.56 Å². The maximum absolute atomic E-state index is 13.0. The highest BCUT2D eigenvalue weighted by Gasteiger charge is 2.34.